The summed E-state index contributed by atoms with van der Waals surface area (Å²) in [5.41, 5.74) is 2.37. The summed E-state index contributed by atoms with van der Waals surface area (Å²) in [6.07, 6.45) is 0.875. The number of carbonyl (C=O) groups is 1. The average Bonchev–Trinajstić information content (AvgIpc) is 3.03. The van der Waals surface area contributed by atoms with Gasteiger partial charge < -0.3 is 9.80 Å². The van der Waals surface area contributed by atoms with Gasteiger partial charge >= 0.3 is 0 Å². The van der Waals surface area contributed by atoms with Crippen molar-refractivity contribution in [1.82, 2.24) is 9.80 Å². The van der Waals surface area contributed by atoms with E-state index in [9.17, 15) is 13.2 Å². The highest BCUT2D eigenvalue weighted by atomic mass is 32.2. The lowest BCUT2D eigenvalue weighted by Crippen LogP contribution is -2.45. The van der Waals surface area contributed by atoms with Crippen LogP contribution in [-0.4, -0.2) is 69.1 Å². The molecule has 178 valence electrons. The van der Waals surface area contributed by atoms with Gasteiger partial charge in [-0.2, -0.15) is 0 Å². The van der Waals surface area contributed by atoms with Crippen LogP contribution in [0.2, 0.25) is 0 Å². The van der Waals surface area contributed by atoms with E-state index in [0.29, 0.717) is 17.9 Å². The van der Waals surface area contributed by atoms with E-state index in [2.05, 4.69) is 21.4 Å². The van der Waals surface area contributed by atoms with Gasteiger partial charge in [-0.3, -0.25) is 14.4 Å². The van der Waals surface area contributed by atoms with Crippen LogP contribution in [0.1, 0.15) is 25.8 Å². The van der Waals surface area contributed by atoms with Crippen molar-refractivity contribution < 1.29 is 13.2 Å². The van der Waals surface area contributed by atoms with Crippen LogP contribution in [0.15, 0.2) is 52.3 Å². The van der Waals surface area contributed by atoms with Crippen molar-refractivity contribution in [3.63, 3.8) is 0 Å². The van der Waals surface area contributed by atoms with Gasteiger partial charge in [0, 0.05) is 56.8 Å². The third-order valence-corrected chi connectivity index (χ3v) is 8.75. The number of likely N-dealkylation sites (N-methyl/N-ethyl adjacent to an activating group) is 1. The molecule has 2 heterocycles. The predicted molar refractivity (Wildman–Crippen MR) is 134 cm³/mol. The normalized spacial score (nSPS) is 17.9. The largest absolute Gasteiger partial charge is 0.311 e. The van der Waals surface area contributed by atoms with Crippen LogP contribution >= 0.6 is 11.8 Å². The lowest BCUT2D eigenvalue weighted by atomic mass is 10.2. The number of anilines is 2. The van der Waals surface area contributed by atoms with E-state index in [0.717, 1.165) is 56.3 Å². The highest BCUT2D eigenvalue weighted by Crippen LogP contribution is 2.36. The second kappa shape index (κ2) is 10.5. The standard InChI is InChI=1S/C24H32N4O3S2/c1-3-26-12-14-27(15-13-26)18-20-5-7-21(8-6-20)25-33(30,31)22-9-10-24-23(17-22)28(19(2)29)11-4-16-32-24/h5-10,17,25H,3-4,11-16,18H2,1-2H3. The summed E-state index contributed by atoms with van der Waals surface area (Å²) in [5.74, 6) is 0.829. The van der Waals surface area contributed by atoms with Gasteiger partial charge in [0.25, 0.3) is 10.0 Å². The number of fused-ring (bicyclic) bond motifs is 1. The van der Waals surface area contributed by atoms with Crippen LogP contribution in [-0.2, 0) is 21.4 Å². The number of sulfonamides is 1. The molecule has 0 saturated carbocycles. The number of nitrogens with zero attached hydrogens (tertiary/aromatic N) is 3. The van der Waals surface area contributed by atoms with E-state index < -0.39 is 10.0 Å². The molecular formula is C24H32N4O3S2. The van der Waals surface area contributed by atoms with Crippen LogP contribution in [0.3, 0.4) is 0 Å². The first-order valence-corrected chi connectivity index (χ1v) is 13.9. The van der Waals surface area contributed by atoms with Gasteiger partial charge in [-0.1, -0.05) is 19.1 Å². The van der Waals surface area contributed by atoms with E-state index in [1.807, 2.05) is 24.3 Å². The number of nitrogens with one attached hydrogen (secondary N) is 1. The van der Waals surface area contributed by atoms with Crippen molar-refractivity contribution in [3.05, 3.63) is 48.0 Å². The zero-order chi connectivity index (χ0) is 23.4. The van der Waals surface area contributed by atoms with Crippen LogP contribution in [0, 0.1) is 0 Å². The average molecular weight is 489 g/mol. The molecule has 0 atom stereocenters. The molecule has 0 spiro atoms. The monoisotopic (exact) mass is 488 g/mol. The van der Waals surface area contributed by atoms with E-state index in [1.165, 1.54) is 12.5 Å². The maximum atomic E-state index is 13.1. The maximum absolute atomic E-state index is 13.1. The molecule has 2 aliphatic rings. The first-order chi connectivity index (χ1) is 15.9. The Kier molecular flexibility index (Phi) is 7.63. The van der Waals surface area contributed by atoms with Crippen LogP contribution in [0.5, 0.6) is 0 Å². The zero-order valence-corrected chi connectivity index (χ0v) is 20.9. The molecule has 1 N–H and O–H groups in total. The van der Waals surface area contributed by atoms with Gasteiger partial charge in [-0.15, -0.1) is 11.8 Å². The Morgan fingerprint density at radius 2 is 1.70 bits per heavy atom. The molecule has 1 fully saturated rings. The highest BCUT2D eigenvalue weighted by Gasteiger charge is 2.23. The Morgan fingerprint density at radius 1 is 1.00 bits per heavy atom. The fourth-order valence-electron chi connectivity index (χ4n) is 4.26. The number of hydrogen-bond acceptors (Lipinski definition) is 6. The van der Waals surface area contributed by atoms with Crippen LogP contribution in [0.25, 0.3) is 0 Å². The molecule has 0 bridgehead atoms. The summed E-state index contributed by atoms with van der Waals surface area (Å²) >= 11 is 1.66. The molecule has 4 rings (SSSR count). The maximum Gasteiger partial charge on any atom is 0.261 e. The van der Waals surface area contributed by atoms with Gasteiger partial charge in [0.1, 0.15) is 0 Å². The van der Waals surface area contributed by atoms with E-state index >= 15 is 0 Å². The summed E-state index contributed by atoms with van der Waals surface area (Å²) in [7, 11) is -3.77. The number of hydrogen-bond donors (Lipinski definition) is 1. The van der Waals surface area contributed by atoms with E-state index in [-0.39, 0.29) is 10.8 Å². The molecule has 2 aromatic rings. The van der Waals surface area contributed by atoms with Crippen molar-refractivity contribution in [1.29, 1.82) is 0 Å². The molecule has 1 saturated heterocycles. The summed E-state index contributed by atoms with van der Waals surface area (Å²) < 4.78 is 28.8. The smallest absolute Gasteiger partial charge is 0.261 e. The van der Waals surface area contributed by atoms with Gasteiger partial charge in [0.15, 0.2) is 0 Å². The van der Waals surface area contributed by atoms with E-state index in [1.54, 1.807) is 34.9 Å². The molecule has 0 aliphatic carbocycles. The third-order valence-electron chi connectivity index (χ3n) is 6.22. The third kappa shape index (κ3) is 5.90. The minimum atomic E-state index is -3.77. The molecule has 0 unspecified atom stereocenters. The quantitative estimate of drug-likeness (QED) is 0.671. The van der Waals surface area contributed by atoms with Gasteiger partial charge in [0.05, 0.1) is 10.6 Å². The number of rotatable bonds is 6. The number of carbonyl (C=O) groups excluding carboxylic acids is 1. The van der Waals surface area contributed by atoms with Crippen molar-refractivity contribution >= 4 is 39.1 Å². The Labute approximate surface area is 201 Å². The second-order valence-electron chi connectivity index (χ2n) is 8.52. The summed E-state index contributed by atoms with van der Waals surface area (Å²) in [6, 6.07) is 12.6. The van der Waals surface area contributed by atoms with Crippen molar-refractivity contribution in [2.75, 3.05) is 54.6 Å². The fourth-order valence-corrected chi connectivity index (χ4v) is 6.32. The molecule has 2 aromatic carbocycles. The van der Waals surface area contributed by atoms with Crippen molar-refractivity contribution in [2.24, 2.45) is 0 Å². The summed E-state index contributed by atoms with van der Waals surface area (Å²) in [5, 5.41) is 0. The SMILES string of the molecule is CCN1CCN(Cc2ccc(NS(=O)(=O)c3ccc4c(c3)N(C(C)=O)CCCS4)cc2)CC1. The lowest BCUT2D eigenvalue weighted by molar-refractivity contribution is -0.116. The number of amides is 1. The molecule has 0 aromatic heterocycles. The van der Waals surface area contributed by atoms with Crippen molar-refractivity contribution in [3.8, 4) is 0 Å². The number of thioether (sulfide) groups is 1. The number of piperazine rings is 1. The molecular weight excluding hydrogens is 456 g/mol. The van der Waals surface area contributed by atoms with Crippen molar-refractivity contribution in [2.45, 2.75) is 36.6 Å². The van der Waals surface area contributed by atoms with Crippen LogP contribution < -0.4 is 9.62 Å². The minimum Gasteiger partial charge on any atom is -0.311 e. The number of benzene rings is 2. The van der Waals surface area contributed by atoms with E-state index in [4.69, 9.17) is 0 Å². The summed E-state index contributed by atoms with van der Waals surface area (Å²) in [6.45, 7) is 10.6. The molecule has 0 radical (unpaired) electrons. The Morgan fingerprint density at radius 3 is 2.36 bits per heavy atom. The Balaban J connectivity index is 1.45. The van der Waals surface area contributed by atoms with Crippen LogP contribution in [0.4, 0.5) is 11.4 Å². The zero-order valence-electron chi connectivity index (χ0n) is 19.3. The minimum absolute atomic E-state index is 0.0760. The van der Waals surface area contributed by atoms with Gasteiger partial charge in [-0.25, -0.2) is 8.42 Å². The molecule has 1 amide bonds. The molecule has 33 heavy (non-hydrogen) atoms. The van der Waals surface area contributed by atoms with Gasteiger partial charge in [-0.05, 0) is 54.6 Å². The second-order valence-corrected chi connectivity index (χ2v) is 11.3. The topological polar surface area (TPSA) is 73.0 Å². The predicted octanol–water partition coefficient (Wildman–Crippen LogP) is 3.47. The molecule has 7 nitrogen and oxygen atoms in total. The molecule has 2 aliphatic heterocycles. The Bertz CT molecular complexity index is 1080. The Hall–Kier alpha value is -2.07. The lowest BCUT2D eigenvalue weighted by Gasteiger charge is -2.34. The summed E-state index contributed by atoms with van der Waals surface area (Å²) in [4.78, 5) is 19.8. The fraction of sp³-hybridized carbons (Fsp3) is 0.458. The first-order valence-electron chi connectivity index (χ1n) is 11.5. The highest BCUT2D eigenvalue weighted by molar-refractivity contribution is 7.99. The van der Waals surface area contributed by atoms with Gasteiger partial charge in [0.2, 0.25) is 5.91 Å². The molecule has 9 heteroatoms. The first kappa shape index (κ1) is 24.1.